The summed E-state index contributed by atoms with van der Waals surface area (Å²) in [7, 11) is 2.98. The predicted octanol–water partition coefficient (Wildman–Crippen LogP) is -1.70. The Labute approximate surface area is 93.6 Å². The van der Waals surface area contributed by atoms with Crippen LogP contribution in [0.3, 0.4) is 0 Å². The van der Waals surface area contributed by atoms with Crippen LogP contribution in [0.25, 0.3) is 0 Å². The standard InChI is InChI=1S/C9H17N3O4/c1-10-6(9(15)16)3-4-7(13)12-5-8(14)11-2/h6,10H,3-5H2,1-2H3,(H,11,14)(H,12,13)(H,15,16). The fraction of sp³-hybridized carbons (Fsp3) is 0.667. The van der Waals surface area contributed by atoms with Crippen molar-refractivity contribution in [1.82, 2.24) is 16.0 Å². The molecule has 0 aromatic heterocycles. The van der Waals surface area contributed by atoms with Gasteiger partial charge in [-0.15, -0.1) is 0 Å². The molecule has 0 rings (SSSR count). The van der Waals surface area contributed by atoms with E-state index < -0.39 is 12.0 Å². The first-order chi connectivity index (χ1) is 7.51. The number of rotatable bonds is 7. The zero-order chi connectivity index (χ0) is 12.6. The maximum atomic E-state index is 11.2. The lowest BCUT2D eigenvalue weighted by atomic mass is 10.1. The molecule has 0 heterocycles. The maximum Gasteiger partial charge on any atom is 0.320 e. The highest BCUT2D eigenvalue weighted by molar-refractivity contribution is 5.84. The van der Waals surface area contributed by atoms with Crippen molar-refractivity contribution in [2.45, 2.75) is 18.9 Å². The number of carbonyl (C=O) groups excluding carboxylic acids is 2. The quantitative estimate of drug-likeness (QED) is 0.418. The highest BCUT2D eigenvalue weighted by Gasteiger charge is 2.16. The minimum atomic E-state index is -0.999. The molecule has 4 N–H and O–H groups in total. The average Bonchev–Trinajstić information content (AvgIpc) is 2.26. The van der Waals surface area contributed by atoms with E-state index in [0.29, 0.717) is 0 Å². The lowest BCUT2D eigenvalue weighted by molar-refractivity contribution is -0.139. The molecule has 92 valence electrons. The van der Waals surface area contributed by atoms with Gasteiger partial charge in [0, 0.05) is 13.5 Å². The number of hydrogen-bond donors (Lipinski definition) is 4. The molecular weight excluding hydrogens is 214 g/mol. The number of nitrogens with one attached hydrogen (secondary N) is 3. The summed E-state index contributed by atoms with van der Waals surface area (Å²) >= 11 is 0. The minimum Gasteiger partial charge on any atom is -0.480 e. The van der Waals surface area contributed by atoms with Crippen molar-refractivity contribution in [2.24, 2.45) is 0 Å². The highest BCUT2D eigenvalue weighted by atomic mass is 16.4. The van der Waals surface area contributed by atoms with E-state index in [9.17, 15) is 14.4 Å². The van der Waals surface area contributed by atoms with Gasteiger partial charge in [-0.05, 0) is 13.5 Å². The summed E-state index contributed by atoms with van der Waals surface area (Å²) in [6.45, 7) is -0.0906. The summed E-state index contributed by atoms with van der Waals surface area (Å²) in [6, 6.07) is -0.745. The second-order valence-corrected chi connectivity index (χ2v) is 3.17. The van der Waals surface area contributed by atoms with E-state index in [1.165, 1.54) is 14.1 Å². The third-order valence-corrected chi connectivity index (χ3v) is 2.03. The molecule has 7 heteroatoms. The molecule has 0 aliphatic heterocycles. The van der Waals surface area contributed by atoms with E-state index in [4.69, 9.17) is 5.11 Å². The predicted molar refractivity (Wildman–Crippen MR) is 56.8 cm³/mol. The van der Waals surface area contributed by atoms with E-state index in [1.54, 1.807) is 0 Å². The van der Waals surface area contributed by atoms with Crippen molar-refractivity contribution < 1.29 is 19.5 Å². The van der Waals surface area contributed by atoms with Gasteiger partial charge < -0.3 is 21.1 Å². The van der Waals surface area contributed by atoms with Crippen LogP contribution in [0.15, 0.2) is 0 Å². The summed E-state index contributed by atoms with van der Waals surface area (Å²) in [5, 5.41) is 16.0. The van der Waals surface area contributed by atoms with E-state index in [0.717, 1.165) is 0 Å². The van der Waals surface area contributed by atoms with Crippen molar-refractivity contribution >= 4 is 17.8 Å². The van der Waals surface area contributed by atoms with Crippen LogP contribution in [0.1, 0.15) is 12.8 Å². The van der Waals surface area contributed by atoms with Crippen LogP contribution in [-0.4, -0.2) is 49.6 Å². The van der Waals surface area contributed by atoms with E-state index in [-0.39, 0.29) is 31.2 Å². The van der Waals surface area contributed by atoms with Crippen molar-refractivity contribution in [1.29, 1.82) is 0 Å². The molecule has 16 heavy (non-hydrogen) atoms. The fourth-order valence-corrected chi connectivity index (χ4v) is 1.02. The Balaban J connectivity index is 3.80. The number of amides is 2. The third-order valence-electron chi connectivity index (χ3n) is 2.03. The Morgan fingerprint density at radius 2 is 1.81 bits per heavy atom. The Hall–Kier alpha value is -1.63. The Morgan fingerprint density at radius 3 is 2.25 bits per heavy atom. The summed E-state index contributed by atoms with van der Waals surface area (Å²) in [5.74, 6) is -1.64. The topological polar surface area (TPSA) is 108 Å². The summed E-state index contributed by atoms with van der Waals surface area (Å²) < 4.78 is 0. The first kappa shape index (κ1) is 14.4. The Kier molecular flexibility index (Phi) is 6.86. The van der Waals surface area contributed by atoms with Crippen LogP contribution < -0.4 is 16.0 Å². The van der Waals surface area contributed by atoms with Crippen LogP contribution in [-0.2, 0) is 14.4 Å². The third kappa shape index (κ3) is 5.97. The summed E-state index contributed by atoms with van der Waals surface area (Å²) in [6.07, 6.45) is 0.250. The average molecular weight is 231 g/mol. The number of carboxylic acids is 1. The zero-order valence-corrected chi connectivity index (χ0v) is 9.37. The molecule has 0 aromatic carbocycles. The first-order valence-electron chi connectivity index (χ1n) is 4.88. The summed E-state index contributed by atoms with van der Waals surface area (Å²) in [4.78, 5) is 32.6. The molecule has 0 bridgehead atoms. The van der Waals surface area contributed by atoms with Gasteiger partial charge in [-0.1, -0.05) is 0 Å². The van der Waals surface area contributed by atoms with Crippen LogP contribution >= 0.6 is 0 Å². The monoisotopic (exact) mass is 231 g/mol. The summed E-state index contributed by atoms with van der Waals surface area (Å²) in [5.41, 5.74) is 0. The molecule has 0 aliphatic rings. The number of hydrogen-bond acceptors (Lipinski definition) is 4. The highest BCUT2D eigenvalue weighted by Crippen LogP contribution is 1.96. The largest absolute Gasteiger partial charge is 0.480 e. The molecule has 0 fully saturated rings. The normalized spacial score (nSPS) is 11.6. The molecule has 1 unspecified atom stereocenters. The molecule has 0 aromatic rings. The number of carbonyl (C=O) groups is 3. The van der Waals surface area contributed by atoms with Crippen molar-refractivity contribution in [3.05, 3.63) is 0 Å². The van der Waals surface area contributed by atoms with Gasteiger partial charge in [0.2, 0.25) is 11.8 Å². The molecule has 7 nitrogen and oxygen atoms in total. The van der Waals surface area contributed by atoms with Gasteiger partial charge in [-0.2, -0.15) is 0 Å². The lowest BCUT2D eigenvalue weighted by Crippen LogP contribution is -2.38. The van der Waals surface area contributed by atoms with E-state index in [2.05, 4.69) is 16.0 Å². The smallest absolute Gasteiger partial charge is 0.320 e. The molecule has 1 atom stereocenters. The molecule has 0 radical (unpaired) electrons. The SMILES string of the molecule is CNC(=O)CNC(=O)CCC(NC)C(=O)O. The Morgan fingerprint density at radius 1 is 1.19 bits per heavy atom. The van der Waals surface area contributed by atoms with Gasteiger partial charge in [0.15, 0.2) is 0 Å². The maximum absolute atomic E-state index is 11.2. The van der Waals surface area contributed by atoms with Crippen molar-refractivity contribution in [3.8, 4) is 0 Å². The molecule has 2 amide bonds. The van der Waals surface area contributed by atoms with Crippen LogP contribution in [0.2, 0.25) is 0 Å². The van der Waals surface area contributed by atoms with Gasteiger partial charge in [-0.3, -0.25) is 14.4 Å². The van der Waals surface area contributed by atoms with Gasteiger partial charge in [0.05, 0.1) is 6.54 Å². The molecule has 0 saturated heterocycles. The van der Waals surface area contributed by atoms with Crippen molar-refractivity contribution in [2.75, 3.05) is 20.6 Å². The van der Waals surface area contributed by atoms with Crippen LogP contribution in [0.5, 0.6) is 0 Å². The van der Waals surface area contributed by atoms with Gasteiger partial charge in [0.1, 0.15) is 6.04 Å². The van der Waals surface area contributed by atoms with Crippen LogP contribution in [0.4, 0.5) is 0 Å². The molecule has 0 saturated carbocycles. The number of carboxylic acid groups (broad SMARTS) is 1. The number of aliphatic carboxylic acids is 1. The second kappa shape index (κ2) is 7.63. The second-order valence-electron chi connectivity index (χ2n) is 3.17. The lowest BCUT2D eigenvalue weighted by Gasteiger charge is -2.10. The molecule has 0 spiro atoms. The van der Waals surface area contributed by atoms with Gasteiger partial charge >= 0.3 is 5.97 Å². The van der Waals surface area contributed by atoms with Gasteiger partial charge in [-0.25, -0.2) is 0 Å². The first-order valence-corrected chi connectivity index (χ1v) is 4.88. The Bertz CT molecular complexity index is 267. The minimum absolute atomic E-state index is 0.0643. The van der Waals surface area contributed by atoms with Crippen LogP contribution in [0, 0.1) is 0 Å². The van der Waals surface area contributed by atoms with E-state index in [1.807, 2.05) is 0 Å². The van der Waals surface area contributed by atoms with Crippen molar-refractivity contribution in [3.63, 3.8) is 0 Å². The van der Waals surface area contributed by atoms with E-state index >= 15 is 0 Å². The molecule has 0 aliphatic carbocycles. The zero-order valence-electron chi connectivity index (χ0n) is 9.37. The fourth-order valence-electron chi connectivity index (χ4n) is 1.02. The molecular formula is C9H17N3O4. The number of likely N-dealkylation sites (N-methyl/N-ethyl adjacent to an activating group) is 2. The van der Waals surface area contributed by atoms with Gasteiger partial charge in [0.25, 0.3) is 0 Å².